The van der Waals surface area contributed by atoms with Gasteiger partial charge in [-0.15, -0.1) is 23.5 Å². The van der Waals surface area contributed by atoms with Crippen LogP contribution in [-0.4, -0.2) is 35.2 Å². The molecule has 1 fully saturated rings. The average Bonchev–Trinajstić information content (AvgIpc) is 3.43. The number of amides is 1. The first kappa shape index (κ1) is 24.6. The summed E-state index contributed by atoms with van der Waals surface area (Å²) in [4.78, 5) is 22.3. The lowest BCUT2D eigenvalue weighted by Gasteiger charge is -2.10. The number of non-ortho nitro benzene ring substituents is 1. The molecular formula is C25H23N3O5S2. The number of hydrogen-bond acceptors (Lipinski definition) is 8. The second-order valence-electron chi connectivity index (χ2n) is 7.51. The Bertz CT molecular complexity index is 1160. The standard InChI is InChI=1S/C25H23N3O5S2/c29-24(17-33-23-11-5-20(6-12-23)25-34-13-14-35-25)27-26-15-18-3-9-22(10-4-18)32-16-19-1-7-21(8-2-19)28(30)31/h1-12,15,25H,13-14,16-17H2,(H,27,29)/b26-15-. The Balaban J connectivity index is 1.17. The van der Waals surface area contributed by atoms with Crippen LogP contribution in [0.25, 0.3) is 0 Å². The molecule has 0 bridgehead atoms. The number of hydrogen-bond donors (Lipinski definition) is 1. The summed E-state index contributed by atoms with van der Waals surface area (Å²) in [6.45, 7) is 0.168. The highest BCUT2D eigenvalue weighted by Gasteiger charge is 2.18. The normalized spacial score (nSPS) is 13.6. The maximum absolute atomic E-state index is 12.0. The van der Waals surface area contributed by atoms with E-state index in [1.165, 1.54) is 35.4 Å². The number of carbonyl (C=O) groups is 1. The fraction of sp³-hybridized carbons (Fsp3) is 0.200. The van der Waals surface area contributed by atoms with Crippen molar-refractivity contribution in [3.8, 4) is 11.5 Å². The van der Waals surface area contributed by atoms with Crippen molar-refractivity contribution < 1.29 is 19.2 Å². The zero-order valence-electron chi connectivity index (χ0n) is 18.7. The summed E-state index contributed by atoms with van der Waals surface area (Å²) in [5, 5.41) is 14.7. The van der Waals surface area contributed by atoms with E-state index < -0.39 is 4.92 Å². The third kappa shape index (κ3) is 7.49. The molecule has 3 aromatic rings. The minimum atomic E-state index is -0.436. The largest absolute Gasteiger partial charge is 0.489 e. The van der Waals surface area contributed by atoms with E-state index in [2.05, 4.69) is 10.5 Å². The lowest BCUT2D eigenvalue weighted by atomic mass is 10.2. The smallest absolute Gasteiger partial charge is 0.277 e. The minimum Gasteiger partial charge on any atom is -0.489 e. The zero-order chi connectivity index (χ0) is 24.5. The molecular weight excluding hydrogens is 486 g/mol. The highest BCUT2D eigenvalue weighted by Crippen LogP contribution is 2.45. The van der Waals surface area contributed by atoms with E-state index in [0.717, 1.165) is 11.1 Å². The summed E-state index contributed by atoms with van der Waals surface area (Å²) in [6.07, 6.45) is 1.53. The van der Waals surface area contributed by atoms with Gasteiger partial charge in [-0.25, -0.2) is 5.43 Å². The molecule has 8 nitrogen and oxygen atoms in total. The summed E-state index contributed by atoms with van der Waals surface area (Å²) in [5.74, 6) is 3.29. The zero-order valence-corrected chi connectivity index (χ0v) is 20.3. The van der Waals surface area contributed by atoms with Gasteiger partial charge in [0.15, 0.2) is 6.61 Å². The molecule has 1 aliphatic rings. The fourth-order valence-electron chi connectivity index (χ4n) is 3.16. The number of nitrogens with zero attached hydrogens (tertiary/aromatic N) is 2. The van der Waals surface area contributed by atoms with Gasteiger partial charge in [-0.05, 0) is 65.2 Å². The molecule has 0 atom stereocenters. The van der Waals surface area contributed by atoms with Crippen LogP contribution >= 0.6 is 23.5 Å². The van der Waals surface area contributed by atoms with E-state index in [9.17, 15) is 14.9 Å². The monoisotopic (exact) mass is 509 g/mol. The van der Waals surface area contributed by atoms with E-state index >= 15 is 0 Å². The quantitative estimate of drug-likeness (QED) is 0.228. The van der Waals surface area contributed by atoms with Gasteiger partial charge in [-0.3, -0.25) is 14.9 Å². The van der Waals surface area contributed by atoms with Gasteiger partial charge in [0.2, 0.25) is 0 Å². The van der Waals surface area contributed by atoms with Crippen LogP contribution in [0.1, 0.15) is 21.3 Å². The number of hydrazone groups is 1. The van der Waals surface area contributed by atoms with Crippen LogP contribution in [0.2, 0.25) is 0 Å². The van der Waals surface area contributed by atoms with E-state index in [-0.39, 0.29) is 18.2 Å². The summed E-state index contributed by atoms with van der Waals surface area (Å²) < 4.78 is 11.7. The number of nitro benzene ring substituents is 1. The lowest BCUT2D eigenvalue weighted by Crippen LogP contribution is -2.24. The van der Waals surface area contributed by atoms with Gasteiger partial charge in [0.05, 0.1) is 15.7 Å². The van der Waals surface area contributed by atoms with Gasteiger partial charge in [0.25, 0.3) is 11.6 Å². The molecule has 0 radical (unpaired) electrons. The van der Waals surface area contributed by atoms with E-state index in [1.807, 2.05) is 47.8 Å². The number of carbonyl (C=O) groups excluding carboxylic acids is 1. The molecule has 4 rings (SSSR count). The van der Waals surface area contributed by atoms with Crippen LogP contribution in [0, 0.1) is 10.1 Å². The molecule has 1 N–H and O–H groups in total. The third-order valence-electron chi connectivity index (χ3n) is 4.98. The molecule has 1 aliphatic heterocycles. The van der Waals surface area contributed by atoms with Crippen molar-refractivity contribution in [3.05, 3.63) is 99.6 Å². The molecule has 1 heterocycles. The number of nitro groups is 1. The Hall–Kier alpha value is -3.50. The Morgan fingerprint density at radius 1 is 0.971 bits per heavy atom. The van der Waals surface area contributed by atoms with Gasteiger partial charge >= 0.3 is 0 Å². The van der Waals surface area contributed by atoms with Gasteiger partial charge in [-0.2, -0.15) is 5.10 Å². The molecule has 1 saturated heterocycles. The highest BCUT2D eigenvalue weighted by atomic mass is 32.2. The highest BCUT2D eigenvalue weighted by molar-refractivity contribution is 8.19. The first-order valence-electron chi connectivity index (χ1n) is 10.8. The van der Waals surface area contributed by atoms with E-state index in [4.69, 9.17) is 9.47 Å². The predicted molar refractivity (Wildman–Crippen MR) is 139 cm³/mol. The molecule has 10 heteroatoms. The van der Waals surface area contributed by atoms with Crippen molar-refractivity contribution in [1.82, 2.24) is 5.43 Å². The molecule has 3 aromatic carbocycles. The average molecular weight is 510 g/mol. The summed E-state index contributed by atoms with van der Waals surface area (Å²) >= 11 is 3.89. The van der Waals surface area contributed by atoms with Crippen molar-refractivity contribution in [1.29, 1.82) is 0 Å². The van der Waals surface area contributed by atoms with Gasteiger partial charge in [0.1, 0.15) is 18.1 Å². The number of ether oxygens (including phenoxy) is 2. The van der Waals surface area contributed by atoms with Crippen LogP contribution in [0.4, 0.5) is 5.69 Å². The maximum Gasteiger partial charge on any atom is 0.277 e. The topological polar surface area (TPSA) is 103 Å². The number of rotatable bonds is 10. The Kier molecular flexibility index (Phi) is 8.63. The molecule has 0 saturated carbocycles. The Labute approximate surface area is 211 Å². The van der Waals surface area contributed by atoms with Crippen molar-refractivity contribution in [2.45, 2.75) is 11.2 Å². The summed E-state index contributed by atoms with van der Waals surface area (Å²) in [7, 11) is 0. The number of nitrogens with one attached hydrogen (secondary N) is 1. The van der Waals surface area contributed by atoms with Gasteiger partial charge in [-0.1, -0.05) is 12.1 Å². The third-order valence-corrected chi connectivity index (χ3v) is 8.08. The van der Waals surface area contributed by atoms with Crippen LogP contribution < -0.4 is 14.9 Å². The second-order valence-corrected chi connectivity index (χ2v) is 10.2. The Morgan fingerprint density at radius 2 is 1.60 bits per heavy atom. The van der Waals surface area contributed by atoms with Crippen molar-refractivity contribution >= 4 is 41.3 Å². The van der Waals surface area contributed by atoms with Crippen molar-refractivity contribution in [2.75, 3.05) is 18.1 Å². The molecule has 180 valence electrons. The van der Waals surface area contributed by atoms with Crippen molar-refractivity contribution in [2.24, 2.45) is 5.10 Å². The molecule has 1 amide bonds. The lowest BCUT2D eigenvalue weighted by molar-refractivity contribution is -0.384. The first-order chi connectivity index (χ1) is 17.1. The number of benzene rings is 3. The molecule has 35 heavy (non-hydrogen) atoms. The van der Waals surface area contributed by atoms with Crippen LogP contribution in [0.5, 0.6) is 11.5 Å². The molecule has 0 unspecified atom stereocenters. The van der Waals surface area contributed by atoms with Gasteiger partial charge in [0, 0.05) is 23.6 Å². The molecule has 0 aromatic heterocycles. The predicted octanol–water partition coefficient (Wildman–Crippen LogP) is 5.18. The van der Waals surface area contributed by atoms with E-state index in [0.29, 0.717) is 22.7 Å². The van der Waals surface area contributed by atoms with Crippen LogP contribution in [0.3, 0.4) is 0 Å². The first-order valence-corrected chi connectivity index (χ1v) is 12.9. The molecule has 0 spiro atoms. The Morgan fingerprint density at radius 3 is 2.26 bits per heavy atom. The fourth-order valence-corrected chi connectivity index (χ4v) is 6.02. The van der Waals surface area contributed by atoms with Crippen molar-refractivity contribution in [3.63, 3.8) is 0 Å². The molecule has 0 aliphatic carbocycles. The minimum absolute atomic E-state index is 0.0442. The summed E-state index contributed by atoms with van der Waals surface area (Å²) in [6, 6.07) is 21.2. The SMILES string of the molecule is O=C(COc1ccc(C2SCCS2)cc1)N/N=C\c1ccc(OCc2ccc([N+](=O)[O-])cc2)cc1. The van der Waals surface area contributed by atoms with E-state index in [1.54, 1.807) is 36.4 Å². The van der Waals surface area contributed by atoms with Crippen LogP contribution in [0.15, 0.2) is 77.9 Å². The maximum atomic E-state index is 12.0. The number of thioether (sulfide) groups is 2. The van der Waals surface area contributed by atoms with Crippen LogP contribution in [-0.2, 0) is 11.4 Å². The van der Waals surface area contributed by atoms with Gasteiger partial charge < -0.3 is 9.47 Å². The summed E-state index contributed by atoms with van der Waals surface area (Å²) in [5.41, 5.74) is 5.37. The second kappa shape index (κ2) is 12.3.